The molecule has 0 unspecified atom stereocenters. The van der Waals surface area contributed by atoms with E-state index in [1.807, 2.05) is 37.4 Å². The molecule has 6 heteroatoms. The van der Waals surface area contributed by atoms with Crippen molar-refractivity contribution in [3.63, 3.8) is 0 Å². The van der Waals surface area contributed by atoms with Crippen molar-refractivity contribution in [3.05, 3.63) is 119 Å². The van der Waals surface area contributed by atoms with Gasteiger partial charge in [0.15, 0.2) is 5.76 Å². The lowest BCUT2D eigenvalue weighted by Gasteiger charge is -2.05. The highest BCUT2D eigenvalue weighted by Crippen LogP contribution is 2.23. The molecule has 3 aromatic carbocycles. The molecule has 5 nitrogen and oxygen atoms in total. The van der Waals surface area contributed by atoms with Crippen LogP contribution in [0, 0.1) is 6.92 Å². The molecular formula is C30H29N3O2S. The van der Waals surface area contributed by atoms with E-state index in [4.69, 9.17) is 9.40 Å². The quantitative estimate of drug-likeness (QED) is 0.240. The zero-order valence-corrected chi connectivity index (χ0v) is 21.3. The Morgan fingerprint density at radius 1 is 0.944 bits per heavy atom. The molecule has 0 radical (unpaired) electrons. The van der Waals surface area contributed by atoms with Gasteiger partial charge in [-0.1, -0.05) is 54.6 Å². The third kappa shape index (κ3) is 5.55. The van der Waals surface area contributed by atoms with Crippen molar-refractivity contribution in [2.24, 2.45) is 7.05 Å². The molecule has 2 heterocycles. The topological polar surface area (TPSA) is 60.1 Å². The van der Waals surface area contributed by atoms with E-state index in [1.54, 1.807) is 17.8 Å². The minimum absolute atomic E-state index is 0.260. The number of aromatic nitrogens is 2. The van der Waals surface area contributed by atoms with Crippen molar-refractivity contribution in [2.75, 3.05) is 5.32 Å². The third-order valence-electron chi connectivity index (χ3n) is 6.36. The summed E-state index contributed by atoms with van der Waals surface area (Å²) in [7, 11) is 2.04. The van der Waals surface area contributed by atoms with Crippen molar-refractivity contribution in [1.29, 1.82) is 0 Å². The molecule has 0 saturated heterocycles. The molecule has 182 valence electrons. The van der Waals surface area contributed by atoms with E-state index in [0.717, 1.165) is 41.2 Å². The number of carbonyl (C=O) groups excluding carboxylic acids is 1. The van der Waals surface area contributed by atoms with Crippen LogP contribution in [0.4, 0.5) is 5.69 Å². The number of carbonyl (C=O) groups is 1. The van der Waals surface area contributed by atoms with Crippen LogP contribution in [0.25, 0.3) is 11.0 Å². The number of hydrogen-bond acceptors (Lipinski definition) is 4. The van der Waals surface area contributed by atoms with Crippen LogP contribution < -0.4 is 5.32 Å². The van der Waals surface area contributed by atoms with E-state index >= 15 is 0 Å². The number of thioether (sulfide) groups is 1. The van der Waals surface area contributed by atoms with Crippen LogP contribution in [0.3, 0.4) is 0 Å². The molecule has 1 amide bonds. The summed E-state index contributed by atoms with van der Waals surface area (Å²) in [5, 5.41) is 2.95. The van der Waals surface area contributed by atoms with Gasteiger partial charge in [0.2, 0.25) is 0 Å². The van der Waals surface area contributed by atoms with E-state index in [1.165, 1.54) is 16.7 Å². The highest BCUT2D eigenvalue weighted by molar-refractivity contribution is 7.97. The highest BCUT2D eigenvalue weighted by atomic mass is 32.2. The summed E-state index contributed by atoms with van der Waals surface area (Å²) in [6.45, 7) is 2.12. The number of nitrogens with one attached hydrogen (secondary N) is 1. The second-order valence-electron chi connectivity index (χ2n) is 8.92. The number of amides is 1. The number of imidazole rings is 1. The average Bonchev–Trinajstić information content (AvgIpc) is 3.49. The normalized spacial score (nSPS) is 11.2. The predicted octanol–water partition coefficient (Wildman–Crippen LogP) is 6.95. The third-order valence-corrected chi connectivity index (χ3v) is 7.36. The van der Waals surface area contributed by atoms with Crippen molar-refractivity contribution in [3.8, 4) is 0 Å². The molecule has 0 spiro atoms. The summed E-state index contributed by atoms with van der Waals surface area (Å²) in [5.74, 6) is 3.49. The van der Waals surface area contributed by atoms with Crippen molar-refractivity contribution >= 4 is 34.4 Å². The lowest BCUT2D eigenvalue weighted by atomic mass is 10.1. The SMILES string of the molecule is Cc1ccccc1CSCc1ccc(C(=O)Nc2ccc3c(c2)nc(CCc2ccccc2)n3C)o1. The predicted molar refractivity (Wildman–Crippen MR) is 147 cm³/mol. The molecule has 5 rings (SSSR count). The van der Waals surface area contributed by atoms with Crippen molar-refractivity contribution < 1.29 is 9.21 Å². The van der Waals surface area contributed by atoms with Gasteiger partial charge in [-0.25, -0.2) is 4.98 Å². The van der Waals surface area contributed by atoms with Gasteiger partial charge < -0.3 is 14.3 Å². The fourth-order valence-electron chi connectivity index (χ4n) is 4.26. The highest BCUT2D eigenvalue weighted by Gasteiger charge is 2.14. The first-order valence-electron chi connectivity index (χ1n) is 12.1. The summed E-state index contributed by atoms with van der Waals surface area (Å²) >= 11 is 1.77. The maximum atomic E-state index is 12.8. The Labute approximate surface area is 215 Å². The molecule has 1 N–H and O–H groups in total. The summed E-state index contributed by atoms with van der Waals surface area (Å²) in [4.78, 5) is 17.6. The Morgan fingerprint density at radius 3 is 2.58 bits per heavy atom. The molecule has 5 aromatic rings. The molecule has 2 aromatic heterocycles. The molecule has 0 atom stereocenters. The van der Waals surface area contributed by atoms with E-state index in [0.29, 0.717) is 17.2 Å². The second-order valence-corrected chi connectivity index (χ2v) is 9.90. The van der Waals surface area contributed by atoms with Crippen LogP contribution in [0.15, 0.2) is 89.3 Å². The van der Waals surface area contributed by atoms with Crippen molar-refractivity contribution in [1.82, 2.24) is 9.55 Å². The second kappa shape index (κ2) is 10.9. The molecule has 0 fully saturated rings. The lowest BCUT2D eigenvalue weighted by molar-refractivity contribution is 0.0995. The molecule has 0 aliphatic heterocycles. The zero-order chi connectivity index (χ0) is 24.9. The number of hydrogen-bond donors (Lipinski definition) is 1. The largest absolute Gasteiger partial charge is 0.455 e. The molecule has 0 bridgehead atoms. The van der Waals surface area contributed by atoms with Crippen molar-refractivity contribution in [2.45, 2.75) is 31.3 Å². The molecule has 0 aliphatic carbocycles. The molecule has 0 aliphatic rings. The van der Waals surface area contributed by atoms with E-state index < -0.39 is 0 Å². The Balaban J connectivity index is 1.20. The van der Waals surface area contributed by atoms with Gasteiger partial charge >= 0.3 is 0 Å². The number of fused-ring (bicyclic) bond motifs is 1. The minimum atomic E-state index is -0.260. The number of furan rings is 1. The van der Waals surface area contributed by atoms with Crippen LogP contribution in [0.5, 0.6) is 0 Å². The van der Waals surface area contributed by atoms with Gasteiger partial charge in [-0.2, -0.15) is 0 Å². The maximum Gasteiger partial charge on any atom is 0.291 e. The Kier molecular flexibility index (Phi) is 7.23. The molecule has 0 saturated carbocycles. The van der Waals surface area contributed by atoms with Crippen LogP contribution in [0.1, 0.15) is 38.8 Å². The summed E-state index contributed by atoms with van der Waals surface area (Å²) < 4.78 is 7.94. The first-order valence-corrected chi connectivity index (χ1v) is 13.2. The number of benzene rings is 3. The standard InChI is InChI=1S/C30H29N3O2S/c1-21-8-6-7-11-23(21)19-36-20-25-14-16-28(35-25)30(34)31-24-13-15-27-26(18-24)32-29(33(27)2)17-12-22-9-4-3-5-10-22/h3-11,13-16,18H,12,17,19-20H2,1-2H3,(H,31,34). The fraction of sp³-hybridized carbons (Fsp3) is 0.200. The van der Waals surface area contributed by atoms with Crippen LogP contribution in [-0.2, 0) is 31.4 Å². The first kappa shape index (κ1) is 23.9. The number of aryl methyl sites for hydroxylation is 4. The van der Waals surface area contributed by atoms with E-state index in [-0.39, 0.29) is 5.91 Å². The van der Waals surface area contributed by atoms with Gasteiger partial charge in [0.1, 0.15) is 11.6 Å². The number of nitrogens with zero attached hydrogens (tertiary/aromatic N) is 2. The Hall–Kier alpha value is -3.77. The first-order chi connectivity index (χ1) is 17.6. The summed E-state index contributed by atoms with van der Waals surface area (Å²) in [6.07, 6.45) is 1.79. The molecular weight excluding hydrogens is 466 g/mol. The average molecular weight is 496 g/mol. The monoisotopic (exact) mass is 495 g/mol. The number of anilines is 1. The smallest absolute Gasteiger partial charge is 0.291 e. The minimum Gasteiger partial charge on any atom is -0.455 e. The van der Waals surface area contributed by atoms with Gasteiger partial charge in [-0.3, -0.25) is 4.79 Å². The van der Waals surface area contributed by atoms with Crippen LogP contribution in [-0.4, -0.2) is 15.5 Å². The lowest BCUT2D eigenvalue weighted by Crippen LogP contribution is -2.10. The van der Waals surface area contributed by atoms with E-state index in [2.05, 4.69) is 65.3 Å². The van der Waals surface area contributed by atoms with Gasteiger partial charge in [-0.15, -0.1) is 11.8 Å². The van der Waals surface area contributed by atoms with Crippen LogP contribution in [0.2, 0.25) is 0 Å². The molecule has 36 heavy (non-hydrogen) atoms. The Morgan fingerprint density at radius 2 is 1.75 bits per heavy atom. The fourth-order valence-corrected chi connectivity index (χ4v) is 5.26. The van der Waals surface area contributed by atoms with Crippen LogP contribution >= 0.6 is 11.8 Å². The zero-order valence-electron chi connectivity index (χ0n) is 20.5. The summed E-state index contributed by atoms with van der Waals surface area (Å²) in [5.41, 5.74) is 6.52. The number of rotatable bonds is 9. The maximum absolute atomic E-state index is 12.8. The van der Waals surface area contributed by atoms with Gasteiger partial charge in [0, 0.05) is 24.9 Å². The van der Waals surface area contributed by atoms with Gasteiger partial charge in [0.25, 0.3) is 5.91 Å². The van der Waals surface area contributed by atoms with Gasteiger partial charge in [0.05, 0.1) is 16.8 Å². The Bertz CT molecular complexity index is 1490. The van der Waals surface area contributed by atoms with E-state index in [9.17, 15) is 4.79 Å². The summed E-state index contributed by atoms with van der Waals surface area (Å²) in [6, 6.07) is 28.3. The van der Waals surface area contributed by atoms with Gasteiger partial charge in [-0.05, 0) is 60.4 Å².